The molecule has 2 fully saturated rings. The van der Waals surface area contributed by atoms with E-state index in [0.29, 0.717) is 37.0 Å². The second-order valence-corrected chi connectivity index (χ2v) is 8.47. The van der Waals surface area contributed by atoms with E-state index in [2.05, 4.69) is 16.1 Å². The lowest BCUT2D eigenvalue weighted by atomic mass is 10.0. The number of pyridine rings is 1. The van der Waals surface area contributed by atoms with Gasteiger partial charge in [0, 0.05) is 37.3 Å². The molecule has 4 heterocycles. The minimum absolute atomic E-state index is 0.0581. The highest BCUT2D eigenvalue weighted by atomic mass is 16.5. The molecule has 2 aromatic heterocycles. The minimum atomic E-state index is -0.161. The van der Waals surface area contributed by atoms with Gasteiger partial charge in [-0.05, 0) is 48.1 Å². The van der Waals surface area contributed by atoms with Crippen molar-refractivity contribution in [1.82, 2.24) is 19.7 Å². The van der Waals surface area contributed by atoms with Crippen LogP contribution in [-0.2, 0) is 6.42 Å². The van der Waals surface area contributed by atoms with E-state index in [1.165, 1.54) is 10.2 Å². The third kappa shape index (κ3) is 3.12. The number of fused-ring (bicyclic) bond motifs is 1. The molecule has 6 rings (SSSR count). The van der Waals surface area contributed by atoms with Crippen molar-refractivity contribution in [3.05, 3.63) is 75.8 Å². The van der Waals surface area contributed by atoms with Gasteiger partial charge in [0.15, 0.2) is 0 Å². The number of ether oxygens (including phenoxy) is 1. The summed E-state index contributed by atoms with van der Waals surface area (Å²) in [7, 11) is 0. The van der Waals surface area contributed by atoms with Crippen LogP contribution in [-0.4, -0.2) is 45.3 Å². The van der Waals surface area contributed by atoms with Gasteiger partial charge in [-0.1, -0.05) is 18.2 Å². The fourth-order valence-corrected chi connectivity index (χ4v) is 4.49. The zero-order valence-electron chi connectivity index (χ0n) is 17.0. The summed E-state index contributed by atoms with van der Waals surface area (Å²) in [6, 6.07) is 13.1. The number of nitrogens with zero attached hydrogens (tertiary/aromatic N) is 4. The van der Waals surface area contributed by atoms with Crippen LogP contribution in [0.3, 0.4) is 0 Å². The van der Waals surface area contributed by atoms with Crippen LogP contribution in [0.15, 0.2) is 53.5 Å². The molecule has 2 aliphatic heterocycles. The summed E-state index contributed by atoms with van der Waals surface area (Å²) < 4.78 is 7.31. The Balaban J connectivity index is 1.24. The van der Waals surface area contributed by atoms with Gasteiger partial charge in [0.1, 0.15) is 11.4 Å². The van der Waals surface area contributed by atoms with Crippen LogP contribution in [0.5, 0.6) is 5.75 Å². The van der Waals surface area contributed by atoms with E-state index in [0.717, 1.165) is 36.1 Å². The van der Waals surface area contributed by atoms with Gasteiger partial charge in [0.2, 0.25) is 0 Å². The second kappa shape index (κ2) is 7.04. The molecule has 3 aliphatic rings. The summed E-state index contributed by atoms with van der Waals surface area (Å²) in [6.07, 6.45) is 4.80. The summed E-state index contributed by atoms with van der Waals surface area (Å²) in [5.41, 5.74) is 4.22. The molecule has 7 heteroatoms. The average molecular weight is 414 g/mol. The van der Waals surface area contributed by atoms with E-state index in [1.54, 1.807) is 23.2 Å². The highest BCUT2D eigenvalue weighted by Gasteiger charge is 2.37. The van der Waals surface area contributed by atoms with Crippen LogP contribution in [0, 0.1) is 0 Å². The first-order chi connectivity index (χ1) is 15.2. The Labute approximate surface area is 179 Å². The Morgan fingerprint density at radius 3 is 2.77 bits per heavy atom. The Morgan fingerprint density at radius 1 is 1.06 bits per heavy atom. The first kappa shape index (κ1) is 18.3. The number of likely N-dealkylation sites (tertiary alicyclic amines) is 1. The Hall–Kier alpha value is -3.48. The van der Waals surface area contributed by atoms with Crippen molar-refractivity contribution in [2.45, 2.75) is 31.2 Å². The van der Waals surface area contributed by atoms with Crippen molar-refractivity contribution in [3.8, 4) is 17.0 Å². The quantitative estimate of drug-likeness (QED) is 0.656. The summed E-state index contributed by atoms with van der Waals surface area (Å²) in [6.45, 7) is 1.58. The topological polar surface area (TPSA) is 77.3 Å². The molecule has 0 N–H and O–H groups in total. The number of benzene rings is 1. The van der Waals surface area contributed by atoms with Gasteiger partial charge < -0.3 is 9.64 Å². The molecule has 31 heavy (non-hydrogen) atoms. The van der Waals surface area contributed by atoms with Gasteiger partial charge in [0.25, 0.3) is 11.5 Å². The highest BCUT2D eigenvalue weighted by Crippen LogP contribution is 2.41. The lowest BCUT2D eigenvalue weighted by Crippen LogP contribution is -2.53. The maximum absolute atomic E-state index is 13.0. The molecule has 1 aliphatic carbocycles. The number of para-hydroxylation sites is 1. The van der Waals surface area contributed by atoms with Crippen molar-refractivity contribution < 1.29 is 9.53 Å². The first-order valence-electron chi connectivity index (χ1n) is 10.8. The summed E-state index contributed by atoms with van der Waals surface area (Å²) in [5.74, 6) is 1.26. The predicted molar refractivity (Wildman–Crippen MR) is 114 cm³/mol. The Kier molecular flexibility index (Phi) is 4.16. The lowest BCUT2D eigenvalue weighted by molar-refractivity contribution is 0.0486. The number of hydrogen-bond acceptors (Lipinski definition) is 5. The molecule has 1 aromatic carbocycles. The van der Waals surface area contributed by atoms with Crippen LogP contribution in [0.2, 0.25) is 0 Å². The van der Waals surface area contributed by atoms with Crippen LogP contribution < -0.4 is 10.3 Å². The molecule has 7 nitrogen and oxygen atoms in total. The molecule has 1 amide bonds. The molecule has 1 saturated carbocycles. The van der Waals surface area contributed by atoms with E-state index in [1.807, 2.05) is 24.3 Å². The molecule has 0 unspecified atom stereocenters. The van der Waals surface area contributed by atoms with Crippen molar-refractivity contribution in [2.24, 2.45) is 0 Å². The van der Waals surface area contributed by atoms with E-state index >= 15 is 0 Å². The standard InChI is InChI=1S/C24H22N4O3/c29-21-9-8-20(19-4-1-3-16-10-12-31-23(16)19)26-28(21)17-13-27(14-17)24(30)22-18(15-6-7-15)5-2-11-25-22/h1-5,8-9,11,15,17H,6-7,10,12-14H2. The summed E-state index contributed by atoms with van der Waals surface area (Å²) >= 11 is 0. The zero-order chi connectivity index (χ0) is 20.9. The third-order valence-electron chi connectivity index (χ3n) is 6.37. The normalized spacial score (nSPS) is 17.7. The van der Waals surface area contributed by atoms with Gasteiger partial charge in [-0.25, -0.2) is 4.68 Å². The minimum Gasteiger partial charge on any atom is -0.492 e. The lowest BCUT2D eigenvalue weighted by Gasteiger charge is -2.39. The predicted octanol–water partition coefficient (Wildman–Crippen LogP) is 2.81. The van der Waals surface area contributed by atoms with Crippen LogP contribution in [0.4, 0.5) is 0 Å². The van der Waals surface area contributed by atoms with E-state index in [4.69, 9.17) is 4.74 Å². The van der Waals surface area contributed by atoms with Crippen molar-refractivity contribution >= 4 is 5.91 Å². The molecule has 0 spiro atoms. The first-order valence-corrected chi connectivity index (χ1v) is 10.8. The van der Waals surface area contributed by atoms with Crippen LogP contribution in [0.1, 0.15) is 46.4 Å². The molecule has 1 saturated heterocycles. The number of hydrogen-bond donors (Lipinski definition) is 0. The van der Waals surface area contributed by atoms with Crippen LogP contribution >= 0.6 is 0 Å². The SMILES string of the molecule is O=C(c1ncccc1C1CC1)N1CC(n2nc(-c3cccc4c3OCC4)ccc2=O)C1. The van der Waals surface area contributed by atoms with Crippen molar-refractivity contribution in [1.29, 1.82) is 0 Å². The van der Waals surface area contributed by atoms with Crippen LogP contribution in [0.25, 0.3) is 11.3 Å². The maximum atomic E-state index is 13.0. The molecule has 0 atom stereocenters. The molecule has 3 aromatic rings. The monoisotopic (exact) mass is 414 g/mol. The number of rotatable bonds is 4. The van der Waals surface area contributed by atoms with E-state index in [-0.39, 0.29) is 17.5 Å². The van der Waals surface area contributed by atoms with Crippen molar-refractivity contribution in [3.63, 3.8) is 0 Å². The second-order valence-electron chi connectivity index (χ2n) is 8.47. The van der Waals surface area contributed by atoms with E-state index in [9.17, 15) is 9.59 Å². The third-order valence-corrected chi connectivity index (χ3v) is 6.37. The van der Waals surface area contributed by atoms with Gasteiger partial charge in [-0.2, -0.15) is 5.10 Å². The zero-order valence-corrected chi connectivity index (χ0v) is 17.0. The summed E-state index contributed by atoms with van der Waals surface area (Å²) in [5, 5.41) is 4.63. The van der Waals surface area contributed by atoms with Gasteiger partial charge in [-0.15, -0.1) is 0 Å². The number of aromatic nitrogens is 3. The summed E-state index contributed by atoms with van der Waals surface area (Å²) in [4.78, 5) is 31.6. The molecular formula is C24H22N4O3. The van der Waals surface area contributed by atoms with Gasteiger partial charge >= 0.3 is 0 Å². The van der Waals surface area contributed by atoms with Gasteiger partial charge in [0.05, 0.1) is 18.3 Å². The Morgan fingerprint density at radius 2 is 1.94 bits per heavy atom. The average Bonchev–Trinajstić information content (AvgIpc) is 3.50. The molecular weight excluding hydrogens is 392 g/mol. The highest BCUT2D eigenvalue weighted by molar-refractivity contribution is 5.94. The number of carbonyl (C=O) groups is 1. The smallest absolute Gasteiger partial charge is 0.272 e. The molecule has 0 bridgehead atoms. The Bertz CT molecular complexity index is 1240. The van der Waals surface area contributed by atoms with E-state index < -0.39 is 0 Å². The molecule has 0 radical (unpaired) electrons. The van der Waals surface area contributed by atoms with Crippen molar-refractivity contribution in [2.75, 3.05) is 19.7 Å². The molecule has 156 valence electrons. The largest absolute Gasteiger partial charge is 0.492 e. The fraction of sp³-hybridized carbons (Fsp3) is 0.333. The number of carbonyl (C=O) groups excluding carboxylic acids is 1. The van der Waals surface area contributed by atoms with Gasteiger partial charge in [-0.3, -0.25) is 14.6 Å². The maximum Gasteiger partial charge on any atom is 0.272 e. The fourth-order valence-electron chi connectivity index (χ4n) is 4.49. The number of amides is 1.